The van der Waals surface area contributed by atoms with Crippen molar-refractivity contribution < 1.29 is 5.11 Å². The fourth-order valence-electron chi connectivity index (χ4n) is 4.95. The summed E-state index contributed by atoms with van der Waals surface area (Å²) >= 11 is 0. The molecule has 2 aliphatic carbocycles. The van der Waals surface area contributed by atoms with E-state index in [4.69, 9.17) is 0 Å². The first-order chi connectivity index (χ1) is 10.7. The highest BCUT2D eigenvalue weighted by molar-refractivity contribution is 4.86. The Morgan fingerprint density at radius 1 is 0.591 bits per heavy atom. The Morgan fingerprint density at radius 2 is 1.09 bits per heavy atom. The van der Waals surface area contributed by atoms with Crippen LogP contribution in [0, 0.1) is 11.3 Å². The standard InChI is InChI=1S/C21H40O/c1-21(17-12-15-20(22)16-18-21)19-13-10-8-6-4-2-3-5-7-9-11-14-19/h19-20,22H,2-18H2,1H3. The predicted octanol–water partition coefficient (Wildman–Crippen LogP) is 6.63. The van der Waals surface area contributed by atoms with Crippen LogP contribution in [-0.4, -0.2) is 11.2 Å². The first kappa shape index (κ1) is 18.3. The minimum Gasteiger partial charge on any atom is -0.393 e. The van der Waals surface area contributed by atoms with E-state index in [9.17, 15) is 5.11 Å². The van der Waals surface area contributed by atoms with E-state index < -0.39 is 0 Å². The van der Waals surface area contributed by atoms with Gasteiger partial charge in [0.2, 0.25) is 0 Å². The van der Waals surface area contributed by atoms with Gasteiger partial charge in [-0.05, 0) is 49.9 Å². The average Bonchev–Trinajstić information content (AvgIpc) is 2.66. The summed E-state index contributed by atoms with van der Waals surface area (Å²) < 4.78 is 0. The summed E-state index contributed by atoms with van der Waals surface area (Å²) in [5.41, 5.74) is 0.512. The third-order valence-corrected chi connectivity index (χ3v) is 6.67. The van der Waals surface area contributed by atoms with Crippen molar-refractivity contribution in [2.75, 3.05) is 0 Å². The van der Waals surface area contributed by atoms with E-state index >= 15 is 0 Å². The quantitative estimate of drug-likeness (QED) is 0.539. The zero-order valence-corrected chi connectivity index (χ0v) is 15.1. The number of hydrogen-bond acceptors (Lipinski definition) is 1. The molecular weight excluding hydrogens is 268 g/mol. The van der Waals surface area contributed by atoms with Crippen molar-refractivity contribution >= 4 is 0 Å². The molecule has 0 saturated heterocycles. The van der Waals surface area contributed by atoms with Gasteiger partial charge in [0.1, 0.15) is 0 Å². The second-order valence-electron chi connectivity index (χ2n) is 8.55. The Morgan fingerprint density at radius 3 is 1.64 bits per heavy atom. The smallest absolute Gasteiger partial charge is 0.0540 e. The third kappa shape index (κ3) is 6.22. The van der Waals surface area contributed by atoms with Crippen LogP contribution in [0.2, 0.25) is 0 Å². The molecule has 0 aromatic rings. The van der Waals surface area contributed by atoms with E-state index in [2.05, 4.69) is 6.92 Å². The molecule has 0 amide bonds. The Balaban J connectivity index is 1.90. The van der Waals surface area contributed by atoms with Crippen LogP contribution in [0.5, 0.6) is 0 Å². The minimum atomic E-state index is -0.0171. The van der Waals surface area contributed by atoms with E-state index in [0.29, 0.717) is 5.41 Å². The van der Waals surface area contributed by atoms with Crippen LogP contribution < -0.4 is 0 Å². The Labute approximate surface area is 139 Å². The summed E-state index contributed by atoms with van der Waals surface area (Å²) in [5, 5.41) is 10.0. The molecule has 0 spiro atoms. The molecule has 0 aromatic carbocycles. The summed E-state index contributed by atoms with van der Waals surface area (Å²) in [6.07, 6.45) is 23.4. The van der Waals surface area contributed by atoms with Crippen LogP contribution >= 0.6 is 0 Å². The van der Waals surface area contributed by atoms with Crippen LogP contribution in [0.3, 0.4) is 0 Å². The van der Waals surface area contributed by atoms with E-state index in [1.165, 1.54) is 96.3 Å². The van der Waals surface area contributed by atoms with Gasteiger partial charge in [-0.2, -0.15) is 0 Å². The molecule has 22 heavy (non-hydrogen) atoms. The molecule has 2 aliphatic rings. The minimum absolute atomic E-state index is 0.0171. The van der Waals surface area contributed by atoms with Gasteiger partial charge < -0.3 is 5.11 Å². The van der Waals surface area contributed by atoms with Crippen LogP contribution in [0.1, 0.15) is 116 Å². The van der Waals surface area contributed by atoms with Gasteiger partial charge in [-0.15, -0.1) is 0 Å². The summed E-state index contributed by atoms with van der Waals surface area (Å²) in [6, 6.07) is 0. The van der Waals surface area contributed by atoms with Crippen molar-refractivity contribution in [3.63, 3.8) is 0 Å². The van der Waals surface area contributed by atoms with Gasteiger partial charge in [0.25, 0.3) is 0 Å². The van der Waals surface area contributed by atoms with Gasteiger partial charge in [0, 0.05) is 0 Å². The lowest BCUT2D eigenvalue weighted by Crippen LogP contribution is -2.27. The molecule has 1 N–H and O–H groups in total. The fourth-order valence-corrected chi connectivity index (χ4v) is 4.95. The average molecular weight is 309 g/mol. The molecular formula is C21H40O. The van der Waals surface area contributed by atoms with E-state index in [-0.39, 0.29) is 6.10 Å². The van der Waals surface area contributed by atoms with Crippen molar-refractivity contribution in [1.82, 2.24) is 0 Å². The SMILES string of the molecule is CC1(C2CCCCCCCCCCCC2)CCCC(O)CC1. The summed E-state index contributed by atoms with van der Waals surface area (Å²) in [6.45, 7) is 2.55. The van der Waals surface area contributed by atoms with Gasteiger partial charge in [-0.3, -0.25) is 0 Å². The highest BCUT2D eigenvalue weighted by Crippen LogP contribution is 2.45. The van der Waals surface area contributed by atoms with Crippen molar-refractivity contribution in [3.8, 4) is 0 Å². The first-order valence-electron chi connectivity index (χ1n) is 10.4. The maximum absolute atomic E-state index is 10.0. The lowest BCUT2D eigenvalue weighted by Gasteiger charge is -2.38. The molecule has 0 bridgehead atoms. The lowest BCUT2D eigenvalue weighted by molar-refractivity contribution is 0.114. The maximum atomic E-state index is 10.0. The number of hydrogen-bond donors (Lipinski definition) is 1. The first-order valence-corrected chi connectivity index (χ1v) is 10.4. The highest BCUT2D eigenvalue weighted by atomic mass is 16.3. The maximum Gasteiger partial charge on any atom is 0.0540 e. The lowest BCUT2D eigenvalue weighted by atomic mass is 9.67. The van der Waals surface area contributed by atoms with Crippen molar-refractivity contribution in [3.05, 3.63) is 0 Å². The van der Waals surface area contributed by atoms with Crippen LogP contribution in [0.25, 0.3) is 0 Å². The van der Waals surface area contributed by atoms with Crippen molar-refractivity contribution in [2.45, 2.75) is 122 Å². The Bertz CT molecular complexity index is 274. The van der Waals surface area contributed by atoms with Gasteiger partial charge >= 0.3 is 0 Å². The van der Waals surface area contributed by atoms with E-state index in [1.54, 1.807) is 0 Å². The van der Waals surface area contributed by atoms with Crippen LogP contribution in [-0.2, 0) is 0 Å². The molecule has 0 aromatic heterocycles. The van der Waals surface area contributed by atoms with Gasteiger partial charge in [0.05, 0.1) is 6.10 Å². The molecule has 130 valence electrons. The number of aliphatic hydroxyl groups is 1. The molecule has 2 fully saturated rings. The second-order valence-corrected chi connectivity index (χ2v) is 8.55. The molecule has 0 heterocycles. The van der Waals surface area contributed by atoms with Gasteiger partial charge in [-0.1, -0.05) is 77.6 Å². The van der Waals surface area contributed by atoms with E-state index in [0.717, 1.165) is 18.8 Å². The summed E-state index contributed by atoms with van der Waals surface area (Å²) in [4.78, 5) is 0. The van der Waals surface area contributed by atoms with Gasteiger partial charge in [-0.25, -0.2) is 0 Å². The normalized spacial score (nSPS) is 34.9. The highest BCUT2D eigenvalue weighted by Gasteiger charge is 2.35. The largest absolute Gasteiger partial charge is 0.393 e. The molecule has 2 atom stereocenters. The van der Waals surface area contributed by atoms with Gasteiger partial charge in [0.15, 0.2) is 0 Å². The fraction of sp³-hybridized carbons (Fsp3) is 1.00. The third-order valence-electron chi connectivity index (χ3n) is 6.67. The zero-order valence-electron chi connectivity index (χ0n) is 15.1. The monoisotopic (exact) mass is 308 g/mol. The topological polar surface area (TPSA) is 20.2 Å². The molecule has 0 aliphatic heterocycles. The van der Waals surface area contributed by atoms with E-state index in [1.807, 2.05) is 0 Å². The van der Waals surface area contributed by atoms with Crippen molar-refractivity contribution in [2.24, 2.45) is 11.3 Å². The molecule has 0 radical (unpaired) electrons. The predicted molar refractivity (Wildman–Crippen MR) is 96.1 cm³/mol. The van der Waals surface area contributed by atoms with Crippen molar-refractivity contribution in [1.29, 1.82) is 0 Å². The second kappa shape index (κ2) is 9.96. The molecule has 2 rings (SSSR count). The van der Waals surface area contributed by atoms with Crippen LogP contribution in [0.4, 0.5) is 0 Å². The molecule has 1 nitrogen and oxygen atoms in total. The Hall–Kier alpha value is -0.0400. The molecule has 2 saturated carbocycles. The summed E-state index contributed by atoms with van der Waals surface area (Å²) in [5.74, 6) is 0.915. The zero-order chi connectivity index (χ0) is 15.7. The molecule has 1 heteroatoms. The summed E-state index contributed by atoms with van der Waals surface area (Å²) in [7, 11) is 0. The molecule has 2 unspecified atom stereocenters. The Kier molecular flexibility index (Phi) is 8.28. The van der Waals surface area contributed by atoms with Crippen LogP contribution in [0.15, 0.2) is 0 Å². The number of rotatable bonds is 1. The number of aliphatic hydroxyl groups excluding tert-OH is 1.